The van der Waals surface area contributed by atoms with Crippen molar-refractivity contribution in [3.63, 3.8) is 0 Å². The van der Waals surface area contributed by atoms with Gasteiger partial charge in [0.2, 0.25) is 0 Å². The van der Waals surface area contributed by atoms with Crippen molar-refractivity contribution in [3.8, 4) is 0 Å². The highest BCUT2D eigenvalue weighted by atomic mass is 16.6. The zero-order valence-corrected chi connectivity index (χ0v) is 10.6. The number of carboxylic acids is 1. The van der Waals surface area contributed by atoms with Crippen molar-refractivity contribution in [2.45, 2.75) is 6.04 Å². The number of nitrogens with zero attached hydrogens (tertiary/aromatic N) is 1. The van der Waals surface area contributed by atoms with Crippen molar-refractivity contribution in [3.05, 3.63) is 63.8 Å². The molecule has 1 atom stereocenters. The first-order valence-electron chi connectivity index (χ1n) is 5.91. The second-order valence-corrected chi connectivity index (χ2v) is 4.17. The highest BCUT2D eigenvalue weighted by Crippen LogP contribution is 2.15. The third-order valence-electron chi connectivity index (χ3n) is 2.77. The summed E-state index contributed by atoms with van der Waals surface area (Å²) in [5.41, 5.74) is 0.322. The first-order chi connectivity index (χ1) is 9.99. The SMILES string of the molecule is O=C(NC(C(=O)O)c1ccccc1)c1ccc([N+](=O)[O-])[nH]1. The molecule has 8 nitrogen and oxygen atoms in total. The summed E-state index contributed by atoms with van der Waals surface area (Å²) in [4.78, 5) is 35.4. The molecule has 1 aromatic carbocycles. The number of carbonyl (C=O) groups excluding carboxylic acids is 1. The van der Waals surface area contributed by atoms with E-state index in [1.807, 2.05) is 0 Å². The van der Waals surface area contributed by atoms with E-state index in [-0.39, 0.29) is 11.5 Å². The summed E-state index contributed by atoms with van der Waals surface area (Å²) in [5.74, 6) is -2.30. The number of hydrogen-bond acceptors (Lipinski definition) is 4. The third kappa shape index (κ3) is 3.24. The number of aliphatic carboxylic acids is 1. The largest absolute Gasteiger partial charge is 0.479 e. The Morgan fingerprint density at radius 3 is 2.38 bits per heavy atom. The topological polar surface area (TPSA) is 125 Å². The molecule has 0 fully saturated rings. The van der Waals surface area contributed by atoms with Gasteiger partial charge in [0, 0.05) is 6.07 Å². The van der Waals surface area contributed by atoms with E-state index in [4.69, 9.17) is 0 Å². The first-order valence-corrected chi connectivity index (χ1v) is 5.91. The van der Waals surface area contributed by atoms with E-state index in [9.17, 15) is 24.8 Å². The van der Waals surface area contributed by atoms with Crippen molar-refractivity contribution in [2.24, 2.45) is 0 Å². The van der Waals surface area contributed by atoms with Crippen LogP contribution in [0.15, 0.2) is 42.5 Å². The molecule has 2 rings (SSSR count). The van der Waals surface area contributed by atoms with Crippen LogP contribution < -0.4 is 5.32 Å². The van der Waals surface area contributed by atoms with Crippen LogP contribution in [-0.2, 0) is 4.79 Å². The van der Waals surface area contributed by atoms with Gasteiger partial charge in [-0.15, -0.1) is 0 Å². The van der Waals surface area contributed by atoms with Crippen LogP contribution in [-0.4, -0.2) is 26.9 Å². The van der Waals surface area contributed by atoms with Crippen LogP contribution >= 0.6 is 0 Å². The maximum Gasteiger partial charge on any atom is 0.330 e. The lowest BCUT2D eigenvalue weighted by Gasteiger charge is -2.13. The number of H-pyrrole nitrogens is 1. The van der Waals surface area contributed by atoms with Crippen LogP contribution in [0, 0.1) is 10.1 Å². The summed E-state index contributed by atoms with van der Waals surface area (Å²) in [6, 6.07) is 9.27. The average Bonchev–Trinajstić information content (AvgIpc) is 2.95. The molecule has 0 spiro atoms. The summed E-state index contributed by atoms with van der Waals surface area (Å²) >= 11 is 0. The van der Waals surface area contributed by atoms with E-state index < -0.39 is 22.8 Å². The van der Waals surface area contributed by atoms with Crippen molar-refractivity contribution in [1.82, 2.24) is 10.3 Å². The summed E-state index contributed by atoms with van der Waals surface area (Å²) in [5, 5.41) is 22.0. The Bertz CT molecular complexity index is 680. The fourth-order valence-corrected chi connectivity index (χ4v) is 1.76. The standard InChI is InChI=1S/C13H11N3O5/c17-12(9-6-7-10(14-9)16(20)21)15-11(13(18)19)8-4-2-1-3-5-8/h1-7,11,14H,(H,15,17)(H,18,19). The van der Waals surface area contributed by atoms with Gasteiger partial charge in [-0.25, -0.2) is 9.78 Å². The van der Waals surface area contributed by atoms with Gasteiger partial charge < -0.3 is 20.5 Å². The second kappa shape index (κ2) is 5.87. The minimum absolute atomic E-state index is 0.0797. The number of nitro groups is 1. The lowest BCUT2D eigenvalue weighted by atomic mass is 10.1. The zero-order valence-electron chi connectivity index (χ0n) is 10.6. The molecule has 1 aromatic heterocycles. The third-order valence-corrected chi connectivity index (χ3v) is 2.77. The predicted molar refractivity (Wildman–Crippen MR) is 71.7 cm³/mol. The van der Waals surface area contributed by atoms with Crippen molar-refractivity contribution in [1.29, 1.82) is 0 Å². The van der Waals surface area contributed by atoms with E-state index in [2.05, 4.69) is 10.3 Å². The quantitative estimate of drug-likeness (QED) is 0.567. The van der Waals surface area contributed by atoms with Gasteiger partial charge in [0.1, 0.15) is 0 Å². The predicted octanol–water partition coefficient (Wildman–Crippen LogP) is 1.48. The molecule has 108 valence electrons. The van der Waals surface area contributed by atoms with E-state index in [0.717, 1.165) is 6.07 Å². The molecule has 3 N–H and O–H groups in total. The number of benzene rings is 1. The van der Waals surface area contributed by atoms with Crippen molar-refractivity contribution < 1.29 is 19.6 Å². The molecule has 0 bridgehead atoms. The maximum atomic E-state index is 11.9. The molecular weight excluding hydrogens is 278 g/mol. The molecule has 0 aliphatic heterocycles. The fraction of sp³-hybridized carbons (Fsp3) is 0.0769. The van der Waals surface area contributed by atoms with Crippen LogP contribution in [0.4, 0.5) is 5.82 Å². The smallest absolute Gasteiger partial charge is 0.330 e. The number of aromatic amines is 1. The minimum atomic E-state index is -1.24. The van der Waals surface area contributed by atoms with Crippen molar-refractivity contribution in [2.75, 3.05) is 0 Å². The Balaban J connectivity index is 2.19. The first kappa shape index (κ1) is 14.3. The summed E-state index contributed by atoms with van der Waals surface area (Å²) in [6.45, 7) is 0. The fourth-order valence-electron chi connectivity index (χ4n) is 1.76. The van der Waals surface area contributed by atoms with Gasteiger partial charge in [0.15, 0.2) is 11.7 Å². The molecule has 1 unspecified atom stereocenters. The van der Waals surface area contributed by atoms with Gasteiger partial charge >= 0.3 is 11.8 Å². The van der Waals surface area contributed by atoms with Crippen LogP contribution in [0.2, 0.25) is 0 Å². The summed E-state index contributed by atoms with van der Waals surface area (Å²) in [7, 11) is 0. The number of carboxylic acid groups (broad SMARTS) is 1. The Morgan fingerprint density at radius 2 is 1.86 bits per heavy atom. The van der Waals surface area contributed by atoms with Crippen molar-refractivity contribution >= 4 is 17.7 Å². The Labute approximate surface area is 118 Å². The van der Waals surface area contributed by atoms with Gasteiger partial charge in [0.25, 0.3) is 5.91 Å². The summed E-state index contributed by atoms with van der Waals surface area (Å²) in [6.07, 6.45) is 0. The number of aromatic nitrogens is 1. The van der Waals surface area contributed by atoms with Gasteiger partial charge in [-0.05, 0) is 16.6 Å². The van der Waals surface area contributed by atoms with Crippen LogP contribution in [0.3, 0.4) is 0 Å². The number of rotatable bonds is 5. The molecule has 0 radical (unpaired) electrons. The molecule has 1 heterocycles. The molecule has 0 saturated heterocycles. The van der Waals surface area contributed by atoms with E-state index in [1.165, 1.54) is 6.07 Å². The molecule has 1 amide bonds. The van der Waals surface area contributed by atoms with E-state index in [1.54, 1.807) is 30.3 Å². The minimum Gasteiger partial charge on any atom is -0.479 e. The molecule has 8 heteroatoms. The van der Waals surface area contributed by atoms with Gasteiger partial charge in [0.05, 0.1) is 0 Å². The number of nitrogens with one attached hydrogen (secondary N) is 2. The highest BCUT2D eigenvalue weighted by molar-refractivity contribution is 5.95. The highest BCUT2D eigenvalue weighted by Gasteiger charge is 2.24. The van der Waals surface area contributed by atoms with E-state index >= 15 is 0 Å². The molecule has 2 aromatic rings. The lowest BCUT2D eigenvalue weighted by Crippen LogP contribution is -2.33. The molecule has 0 saturated carbocycles. The van der Waals surface area contributed by atoms with Crippen LogP contribution in [0.5, 0.6) is 0 Å². The van der Waals surface area contributed by atoms with Gasteiger partial charge in [-0.1, -0.05) is 30.3 Å². The van der Waals surface area contributed by atoms with Gasteiger partial charge in [-0.2, -0.15) is 0 Å². The molecule has 21 heavy (non-hydrogen) atoms. The van der Waals surface area contributed by atoms with Gasteiger partial charge in [-0.3, -0.25) is 4.79 Å². The zero-order chi connectivity index (χ0) is 15.4. The van der Waals surface area contributed by atoms with Crippen LogP contribution in [0.1, 0.15) is 22.1 Å². The summed E-state index contributed by atoms with van der Waals surface area (Å²) < 4.78 is 0. The Kier molecular flexibility index (Phi) is 3.98. The Morgan fingerprint density at radius 1 is 1.19 bits per heavy atom. The van der Waals surface area contributed by atoms with Crippen LogP contribution in [0.25, 0.3) is 0 Å². The molecule has 0 aliphatic rings. The second-order valence-electron chi connectivity index (χ2n) is 4.17. The maximum absolute atomic E-state index is 11.9. The number of hydrogen-bond donors (Lipinski definition) is 3. The van der Waals surface area contributed by atoms with E-state index in [0.29, 0.717) is 5.56 Å². The number of carbonyl (C=O) groups is 2. The normalized spacial score (nSPS) is 11.6. The molecular formula is C13H11N3O5. The Hall–Kier alpha value is -3.16. The lowest BCUT2D eigenvalue weighted by molar-refractivity contribution is -0.389. The monoisotopic (exact) mass is 289 g/mol. The molecule has 0 aliphatic carbocycles. The number of amides is 1. The average molecular weight is 289 g/mol.